The van der Waals surface area contributed by atoms with E-state index in [9.17, 15) is 19.2 Å². The minimum atomic E-state index is -0.851. The number of rotatable bonds is 5. The first-order valence-corrected chi connectivity index (χ1v) is 11.2. The Morgan fingerprint density at radius 3 is 2.43 bits per heavy atom. The van der Waals surface area contributed by atoms with Gasteiger partial charge in [-0.25, -0.2) is 14.5 Å². The summed E-state index contributed by atoms with van der Waals surface area (Å²) in [5, 5.41) is 2.19. The number of nitrogens with zero attached hydrogens (tertiary/aromatic N) is 1. The highest BCUT2D eigenvalue weighted by Crippen LogP contribution is 2.29. The zero-order valence-corrected chi connectivity index (χ0v) is 20.3. The molecule has 8 nitrogen and oxygen atoms in total. The van der Waals surface area contributed by atoms with E-state index in [0.717, 1.165) is 10.5 Å². The number of hydrogen-bond acceptors (Lipinski definition) is 6. The SMILES string of the molecule is COc1ccc(C(=O)Oc2ccc(Br)cc2/C=C2/C(=O)NC(=O)N(c3cccc(C)c3)C2=O)cc1. The molecule has 0 radical (unpaired) electrons. The van der Waals surface area contributed by atoms with E-state index in [-0.39, 0.29) is 16.9 Å². The van der Waals surface area contributed by atoms with Gasteiger partial charge in [0.1, 0.15) is 17.1 Å². The van der Waals surface area contributed by atoms with Crippen LogP contribution >= 0.6 is 15.9 Å². The number of amides is 4. The number of aryl methyl sites for hydroxylation is 1. The smallest absolute Gasteiger partial charge is 0.343 e. The third-order valence-electron chi connectivity index (χ3n) is 5.16. The summed E-state index contributed by atoms with van der Waals surface area (Å²) in [5.41, 5.74) is 1.45. The number of carbonyl (C=O) groups excluding carboxylic acids is 4. The van der Waals surface area contributed by atoms with Gasteiger partial charge in [0.25, 0.3) is 11.8 Å². The quantitative estimate of drug-likeness (QED) is 0.221. The Morgan fingerprint density at radius 1 is 1.00 bits per heavy atom. The Kier molecular flexibility index (Phi) is 6.79. The molecule has 1 saturated heterocycles. The summed E-state index contributed by atoms with van der Waals surface area (Å²) in [6.45, 7) is 1.82. The van der Waals surface area contributed by atoms with Gasteiger partial charge < -0.3 is 9.47 Å². The van der Waals surface area contributed by atoms with Gasteiger partial charge in [-0.15, -0.1) is 0 Å². The number of benzene rings is 3. The fourth-order valence-electron chi connectivity index (χ4n) is 3.43. The van der Waals surface area contributed by atoms with Crippen LogP contribution in [0.4, 0.5) is 10.5 Å². The minimum absolute atomic E-state index is 0.126. The fourth-order valence-corrected chi connectivity index (χ4v) is 3.80. The van der Waals surface area contributed by atoms with Crippen LogP contribution in [-0.4, -0.2) is 30.9 Å². The van der Waals surface area contributed by atoms with Gasteiger partial charge in [0.05, 0.1) is 18.4 Å². The van der Waals surface area contributed by atoms with Gasteiger partial charge in [-0.2, -0.15) is 0 Å². The van der Waals surface area contributed by atoms with Gasteiger partial charge in [-0.1, -0.05) is 28.1 Å². The van der Waals surface area contributed by atoms with Crippen molar-refractivity contribution in [2.45, 2.75) is 6.92 Å². The Hall–Kier alpha value is -4.24. The maximum atomic E-state index is 13.2. The molecule has 1 fully saturated rings. The third-order valence-corrected chi connectivity index (χ3v) is 5.65. The molecule has 35 heavy (non-hydrogen) atoms. The third kappa shape index (κ3) is 5.15. The van der Waals surface area contributed by atoms with Gasteiger partial charge in [-0.05, 0) is 73.2 Å². The van der Waals surface area contributed by atoms with Gasteiger partial charge >= 0.3 is 12.0 Å². The summed E-state index contributed by atoms with van der Waals surface area (Å²) in [5.74, 6) is -1.56. The Labute approximate surface area is 209 Å². The van der Waals surface area contributed by atoms with Crippen molar-refractivity contribution in [3.8, 4) is 11.5 Å². The van der Waals surface area contributed by atoms with Crippen LogP contribution in [0.3, 0.4) is 0 Å². The lowest BCUT2D eigenvalue weighted by Crippen LogP contribution is -2.54. The second-order valence-electron chi connectivity index (χ2n) is 7.60. The van der Waals surface area contributed by atoms with Crippen molar-refractivity contribution in [2.24, 2.45) is 0 Å². The molecular formula is C26H19BrN2O6. The normalized spacial score (nSPS) is 14.7. The van der Waals surface area contributed by atoms with E-state index in [0.29, 0.717) is 21.5 Å². The molecule has 4 rings (SSSR count). The molecule has 9 heteroatoms. The van der Waals surface area contributed by atoms with Crippen molar-refractivity contribution in [3.05, 3.63) is 93.5 Å². The molecule has 3 aromatic rings. The van der Waals surface area contributed by atoms with E-state index in [1.54, 1.807) is 54.6 Å². The average molecular weight is 535 g/mol. The number of methoxy groups -OCH3 is 1. The Bertz CT molecular complexity index is 1380. The number of halogens is 1. The van der Waals surface area contributed by atoms with E-state index in [1.807, 2.05) is 13.0 Å². The number of hydrogen-bond donors (Lipinski definition) is 1. The van der Waals surface area contributed by atoms with Gasteiger partial charge in [-0.3, -0.25) is 14.9 Å². The first-order valence-electron chi connectivity index (χ1n) is 10.4. The second-order valence-corrected chi connectivity index (χ2v) is 8.51. The van der Waals surface area contributed by atoms with Crippen LogP contribution in [0.1, 0.15) is 21.5 Å². The van der Waals surface area contributed by atoms with Crippen molar-refractivity contribution >= 4 is 51.5 Å². The van der Waals surface area contributed by atoms with Crippen LogP contribution < -0.4 is 19.7 Å². The van der Waals surface area contributed by atoms with E-state index in [1.165, 1.54) is 19.3 Å². The lowest BCUT2D eigenvalue weighted by molar-refractivity contribution is -0.122. The molecule has 176 valence electrons. The molecule has 0 aliphatic carbocycles. The van der Waals surface area contributed by atoms with E-state index in [4.69, 9.17) is 9.47 Å². The zero-order chi connectivity index (χ0) is 25.1. The summed E-state index contributed by atoms with van der Waals surface area (Å²) in [6.07, 6.45) is 1.29. The maximum absolute atomic E-state index is 13.2. The van der Waals surface area contributed by atoms with E-state index in [2.05, 4.69) is 21.2 Å². The maximum Gasteiger partial charge on any atom is 0.343 e. The van der Waals surface area contributed by atoms with Crippen molar-refractivity contribution in [1.29, 1.82) is 0 Å². The number of nitrogens with one attached hydrogen (secondary N) is 1. The zero-order valence-electron chi connectivity index (χ0n) is 18.7. The predicted molar refractivity (Wildman–Crippen MR) is 132 cm³/mol. The fraction of sp³-hybridized carbons (Fsp3) is 0.0769. The molecular weight excluding hydrogens is 516 g/mol. The lowest BCUT2D eigenvalue weighted by Gasteiger charge is -2.26. The first-order chi connectivity index (χ1) is 16.8. The van der Waals surface area contributed by atoms with Crippen LogP contribution in [0.25, 0.3) is 6.08 Å². The Morgan fingerprint density at radius 2 is 1.74 bits per heavy atom. The summed E-state index contributed by atoms with van der Waals surface area (Å²) >= 11 is 3.35. The number of barbiturate groups is 1. The van der Waals surface area contributed by atoms with Crippen molar-refractivity contribution in [1.82, 2.24) is 5.32 Å². The van der Waals surface area contributed by atoms with Crippen molar-refractivity contribution in [2.75, 3.05) is 12.0 Å². The minimum Gasteiger partial charge on any atom is -0.497 e. The van der Waals surface area contributed by atoms with E-state index >= 15 is 0 Å². The van der Waals surface area contributed by atoms with Crippen LogP contribution in [0.2, 0.25) is 0 Å². The highest BCUT2D eigenvalue weighted by molar-refractivity contribution is 9.10. The molecule has 1 heterocycles. The molecule has 1 aliphatic heterocycles. The molecule has 4 amide bonds. The van der Waals surface area contributed by atoms with Gasteiger partial charge in [0.2, 0.25) is 0 Å². The van der Waals surface area contributed by atoms with Gasteiger partial charge in [0.15, 0.2) is 0 Å². The average Bonchev–Trinajstić information content (AvgIpc) is 2.83. The molecule has 0 bridgehead atoms. The highest BCUT2D eigenvalue weighted by Gasteiger charge is 2.37. The highest BCUT2D eigenvalue weighted by atomic mass is 79.9. The monoisotopic (exact) mass is 534 g/mol. The molecule has 0 unspecified atom stereocenters. The lowest BCUT2D eigenvalue weighted by atomic mass is 10.1. The molecule has 0 aromatic heterocycles. The standard InChI is InChI=1S/C26H19BrN2O6/c1-15-4-3-5-19(12-15)29-24(31)21(23(30)28-26(29)33)14-17-13-18(27)8-11-22(17)35-25(32)16-6-9-20(34-2)10-7-16/h3-14H,1-2H3,(H,28,30,33)/b21-14-. The topological polar surface area (TPSA) is 102 Å². The molecule has 1 aliphatic rings. The number of carbonyl (C=O) groups is 4. The number of urea groups is 1. The number of esters is 1. The molecule has 0 atom stereocenters. The summed E-state index contributed by atoms with van der Waals surface area (Å²) in [6, 6.07) is 17.1. The Balaban J connectivity index is 1.69. The predicted octanol–water partition coefficient (Wildman–Crippen LogP) is 4.65. The van der Waals surface area contributed by atoms with E-state index < -0.39 is 23.8 Å². The molecule has 0 spiro atoms. The largest absolute Gasteiger partial charge is 0.497 e. The molecule has 0 saturated carbocycles. The summed E-state index contributed by atoms with van der Waals surface area (Å²) < 4.78 is 11.3. The van der Waals surface area contributed by atoms with Crippen molar-refractivity contribution < 1.29 is 28.7 Å². The van der Waals surface area contributed by atoms with Gasteiger partial charge in [0, 0.05) is 10.0 Å². The van der Waals surface area contributed by atoms with Crippen LogP contribution in [-0.2, 0) is 9.59 Å². The number of ether oxygens (including phenoxy) is 2. The summed E-state index contributed by atoms with van der Waals surface area (Å²) in [4.78, 5) is 51.8. The second kappa shape index (κ2) is 9.94. The van der Waals surface area contributed by atoms with Crippen LogP contribution in [0, 0.1) is 6.92 Å². The molecule has 1 N–H and O–H groups in total. The number of imide groups is 2. The summed E-state index contributed by atoms with van der Waals surface area (Å²) in [7, 11) is 1.52. The van der Waals surface area contributed by atoms with Crippen LogP contribution in [0.5, 0.6) is 11.5 Å². The molecule has 3 aromatic carbocycles. The first kappa shape index (κ1) is 23.9. The van der Waals surface area contributed by atoms with Crippen LogP contribution in [0.15, 0.2) is 76.8 Å². The number of anilines is 1. The van der Waals surface area contributed by atoms with Crippen molar-refractivity contribution in [3.63, 3.8) is 0 Å².